The molecule has 4 N–H and O–H groups in total. The number of pyridine rings is 1. The van der Waals surface area contributed by atoms with E-state index in [9.17, 15) is 10.5 Å². The third kappa shape index (κ3) is 5.16. The zero-order valence-electron chi connectivity index (χ0n) is 23.3. The number of anilines is 2. The zero-order chi connectivity index (χ0) is 29.7. The second-order valence-corrected chi connectivity index (χ2v) is 12.4. The van der Waals surface area contributed by atoms with E-state index in [4.69, 9.17) is 27.3 Å². The summed E-state index contributed by atoms with van der Waals surface area (Å²) in [7, 11) is 13.7. The molecule has 41 heavy (non-hydrogen) atoms. The Balaban J connectivity index is 1.71. The Morgan fingerprint density at radius 3 is 2.51 bits per heavy atom. The van der Waals surface area contributed by atoms with Crippen LogP contribution in [0.5, 0.6) is 0 Å². The van der Waals surface area contributed by atoms with E-state index in [2.05, 4.69) is 59.5 Å². The van der Waals surface area contributed by atoms with Crippen LogP contribution in [-0.4, -0.2) is 37.8 Å². The van der Waals surface area contributed by atoms with Crippen LogP contribution in [0.25, 0.3) is 10.9 Å². The summed E-state index contributed by atoms with van der Waals surface area (Å²) in [5, 5.41) is 28.9. The minimum absolute atomic E-state index is 0.0368. The molecule has 0 bridgehead atoms. The molecule has 5 rings (SSSR count). The number of benzene rings is 2. The van der Waals surface area contributed by atoms with Gasteiger partial charge < -0.3 is 16.1 Å². The topological polar surface area (TPSA) is 112 Å². The molecule has 1 saturated carbocycles. The monoisotopic (exact) mass is 564 g/mol. The van der Waals surface area contributed by atoms with Gasteiger partial charge >= 0.3 is 0 Å². The molecule has 0 amide bonds. The highest BCUT2D eigenvalue weighted by Crippen LogP contribution is 2.46. The predicted octanol–water partition coefficient (Wildman–Crippen LogP) is 4.88. The van der Waals surface area contributed by atoms with E-state index in [1.54, 1.807) is 23.2 Å². The number of hydrazine groups is 2. The molecule has 3 aromatic rings. The molecule has 12 heteroatoms. The van der Waals surface area contributed by atoms with Crippen molar-refractivity contribution in [3.8, 4) is 12.1 Å². The molecule has 204 valence electrons. The van der Waals surface area contributed by atoms with Gasteiger partial charge in [0.15, 0.2) is 0 Å². The standard InChI is InChI=1S/C29H28B2ClFN8/c1-27(2,3)15-37-24-17(13-35)14-36-23-16(12-34)10-18(11-19(23)24)38-29(31,22-20(32)6-5-7-21(22)33)25-26(30)41(40-39-25)28(4)8-9-28/h5-7,10-11,14,38-40H,8-9,15H2,1-4H3,(H,36,37). The number of hydrogen-bond donors (Lipinski definition) is 4. The van der Waals surface area contributed by atoms with Crippen molar-refractivity contribution in [1.29, 1.82) is 10.5 Å². The van der Waals surface area contributed by atoms with Gasteiger partial charge in [-0.3, -0.25) is 9.99 Å². The number of nitriles is 2. The van der Waals surface area contributed by atoms with Crippen LogP contribution >= 0.6 is 11.6 Å². The van der Waals surface area contributed by atoms with Crippen LogP contribution in [0, 0.1) is 33.9 Å². The Morgan fingerprint density at radius 1 is 1.20 bits per heavy atom. The first-order valence-corrected chi connectivity index (χ1v) is 13.5. The van der Waals surface area contributed by atoms with Gasteiger partial charge in [-0.25, -0.2) is 4.39 Å². The fourth-order valence-electron chi connectivity index (χ4n) is 4.92. The molecule has 1 unspecified atom stereocenters. The number of hydrogen-bond acceptors (Lipinski definition) is 8. The van der Waals surface area contributed by atoms with Gasteiger partial charge in [-0.05, 0) is 49.4 Å². The summed E-state index contributed by atoms with van der Waals surface area (Å²) in [6.45, 7) is 8.80. The number of nitrogens with zero attached hydrogens (tertiary/aromatic N) is 4. The lowest BCUT2D eigenvalue weighted by Gasteiger charge is -2.36. The fraction of sp³-hybridized carbons (Fsp3) is 0.345. The lowest BCUT2D eigenvalue weighted by atomic mass is 9.67. The van der Waals surface area contributed by atoms with Gasteiger partial charge in [0.25, 0.3) is 0 Å². The number of nitrogens with one attached hydrogen (secondary N) is 4. The average Bonchev–Trinajstić information content (AvgIpc) is 3.52. The van der Waals surface area contributed by atoms with Crippen LogP contribution in [0.2, 0.25) is 5.02 Å². The SMILES string of the molecule is [B]C1=C(C([B])(Nc2cc(C#N)c3ncc(C#N)c(NCC(C)(C)C)c3c2)c2c(F)cccc2Cl)NNN1C1(C)CC1. The molecule has 1 aliphatic carbocycles. The highest BCUT2D eigenvalue weighted by molar-refractivity contribution is 6.33. The van der Waals surface area contributed by atoms with Crippen molar-refractivity contribution in [2.45, 2.75) is 51.5 Å². The summed E-state index contributed by atoms with van der Waals surface area (Å²) < 4.78 is 15.5. The summed E-state index contributed by atoms with van der Waals surface area (Å²) in [5.41, 5.74) is 6.33. The summed E-state index contributed by atoms with van der Waals surface area (Å²) >= 11 is 6.55. The van der Waals surface area contributed by atoms with Gasteiger partial charge in [0.05, 0.1) is 39.0 Å². The maximum absolute atomic E-state index is 15.5. The van der Waals surface area contributed by atoms with Crippen molar-refractivity contribution in [3.63, 3.8) is 0 Å². The maximum atomic E-state index is 15.5. The average molecular weight is 565 g/mol. The van der Waals surface area contributed by atoms with E-state index in [-0.39, 0.29) is 38.4 Å². The molecule has 1 aliphatic heterocycles. The Labute approximate surface area is 246 Å². The third-order valence-electron chi connectivity index (χ3n) is 7.40. The fourth-order valence-corrected chi connectivity index (χ4v) is 5.23. The molecule has 0 spiro atoms. The van der Waals surface area contributed by atoms with Crippen LogP contribution in [0.15, 0.2) is 47.8 Å². The minimum Gasteiger partial charge on any atom is -0.383 e. The summed E-state index contributed by atoms with van der Waals surface area (Å²) in [6.07, 6.45) is 3.27. The molecular weight excluding hydrogens is 536 g/mol. The Kier molecular flexibility index (Phi) is 7.09. The molecule has 2 aliphatic rings. The van der Waals surface area contributed by atoms with Crippen LogP contribution in [0.1, 0.15) is 57.2 Å². The Morgan fingerprint density at radius 2 is 1.90 bits per heavy atom. The second kappa shape index (κ2) is 10.2. The van der Waals surface area contributed by atoms with Crippen molar-refractivity contribution in [2.24, 2.45) is 5.41 Å². The van der Waals surface area contributed by atoms with Crippen molar-refractivity contribution in [1.82, 2.24) is 21.0 Å². The minimum atomic E-state index is -1.81. The van der Waals surface area contributed by atoms with Crippen molar-refractivity contribution in [3.05, 3.63) is 75.4 Å². The van der Waals surface area contributed by atoms with E-state index in [0.717, 1.165) is 12.8 Å². The molecule has 1 aromatic heterocycles. The van der Waals surface area contributed by atoms with Crippen LogP contribution in [-0.2, 0) is 5.44 Å². The first-order valence-electron chi connectivity index (χ1n) is 13.2. The zero-order valence-corrected chi connectivity index (χ0v) is 24.0. The summed E-state index contributed by atoms with van der Waals surface area (Å²) in [6, 6.07) is 12.0. The van der Waals surface area contributed by atoms with E-state index < -0.39 is 11.3 Å². The number of rotatable bonds is 7. The van der Waals surface area contributed by atoms with Crippen LogP contribution in [0.4, 0.5) is 15.8 Å². The quantitative estimate of drug-likeness (QED) is 0.301. The third-order valence-corrected chi connectivity index (χ3v) is 7.72. The number of halogens is 2. The molecular formula is C29H28B2ClFN8. The largest absolute Gasteiger partial charge is 0.383 e. The summed E-state index contributed by atoms with van der Waals surface area (Å²) in [5.74, 6) is -0.645. The first-order chi connectivity index (χ1) is 19.3. The van der Waals surface area contributed by atoms with Gasteiger partial charge in [0.1, 0.15) is 33.6 Å². The highest BCUT2D eigenvalue weighted by atomic mass is 35.5. The first kappa shape index (κ1) is 28.6. The van der Waals surface area contributed by atoms with Crippen molar-refractivity contribution in [2.75, 3.05) is 17.2 Å². The Bertz CT molecular complexity index is 1650. The van der Waals surface area contributed by atoms with Gasteiger partial charge in [-0.15, -0.1) is 5.53 Å². The number of fused-ring (bicyclic) bond motifs is 1. The van der Waals surface area contributed by atoms with Crippen molar-refractivity contribution >= 4 is 49.6 Å². The molecule has 1 fully saturated rings. The van der Waals surface area contributed by atoms with E-state index in [0.29, 0.717) is 34.4 Å². The molecule has 4 radical (unpaired) electrons. The smallest absolute Gasteiger partial charge is 0.143 e. The maximum Gasteiger partial charge on any atom is 0.143 e. The molecule has 8 nitrogen and oxygen atoms in total. The normalized spacial score (nSPS) is 17.4. The lowest BCUT2D eigenvalue weighted by Crippen LogP contribution is -2.47. The van der Waals surface area contributed by atoms with E-state index in [1.807, 2.05) is 6.92 Å². The molecule has 2 aromatic carbocycles. The molecule has 1 atom stereocenters. The van der Waals surface area contributed by atoms with Crippen LogP contribution in [0.3, 0.4) is 0 Å². The van der Waals surface area contributed by atoms with E-state index >= 15 is 4.39 Å². The van der Waals surface area contributed by atoms with Crippen LogP contribution < -0.4 is 21.6 Å². The highest BCUT2D eigenvalue weighted by Gasteiger charge is 2.48. The second-order valence-electron chi connectivity index (χ2n) is 12.0. The summed E-state index contributed by atoms with van der Waals surface area (Å²) in [4.78, 5) is 4.40. The lowest BCUT2D eigenvalue weighted by molar-refractivity contribution is 0.184. The van der Waals surface area contributed by atoms with Crippen molar-refractivity contribution < 1.29 is 4.39 Å². The Hall–Kier alpha value is -3.92. The number of aromatic nitrogens is 1. The molecule has 0 saturated heterocycles. The van der Waals surface area contributed by atoms with Gasteiger partial charge in [0, 0.05) is 40.0 Å². The van der Waals surface area contributed by atoms with Gasteiger partial charge in [-0.2, -0.15) is 10.5 Å². The van der Waals surface area contributed by atoms with Gasteiger partial charge in [0.2, 0.25) is 0 Å². The van der Waals surface area contributed by atoms with Gasteiger partial charge in [-0.1, -0.05) is 38.4 Å². The molecule has 2 heterocycles. The van der Waals surface area contributed by atoms with E-state index in [1.165, 1.54) is 18.3 Å². The predicted molar refractivity (Wildman–Crippen MR) is 160 cm³/mol.